The van der Waals surface area contributed by atoms with E-state index in [0.717, 1.165) is 20.9 Å². The van der Waals surface area contributed by atoms with Crippen LogP contribution < -0.4 is 14.8 Å². The number of nitrogens with zero attached hydrogens (tertiary/aromatic N) is 1. The summed E-state index contributed by atoms with van der Waals surface area (Å²) in [6.07, 6.45) is 0. The second-order valence-corrected chi connectivity index (χ2v) is 6.92. The summed E-state index contributed by atoms with van der Waals surface area (Å²) in [4.78, 5) is 17.6. The van der Waals surface area contributed by atoms with Gasteiger partial charge >= 0.3 is 0 Å². The van der Waals surface area contributed by atoms with Crippen molar-refractivity contribution in [2.24, 2.45) is 0 Å². The molecule has 24 heavy (non-hydrogen) atoms. The Morgan fingerprint density at radius 2 is 1.96 bits per heavy atom. The first-order valence-corrected chi connectivity index (χ1v) is 9.00. The molecule has 1 heterocycles. The van der Waals surface area contributed by atoms with Gasteiger partial charge in [0.05, 0.1) is 24.7 Å². The second-order valence-electron chi connectivity index (χ2n) is 4.84. The van der Waals surface area contributed by atoms with Gasteiger partial charge in [-0.2, -0.15) is 0 Å². The zero-order valence-corrected chi connectivity index (χ0v) is 14.9. The van der Waals surface area contributed by atoms with Gasteiger partial charge < -0.3 is 14.8 Å². The molecule has 0 aliphatic carbocycles. The monoisotopic (exact) mass is 360 g/mol. The number of amides is 1. The molecule has 3 rings (SSSR count). The smallest absolute Gasteiger partial charge is 0.236 e. The van der Waals surface area contributed by atoms with Gasteiger partial charge in [0.15, 0.2) is 5.13 Å². The maximum absolute atomic E-state index is 12.1. The number of nitrogens with one attached hydrogen (secondary N) is 1. The van der Waals surface area contributed by atoms with E-state index in [0.29, 0.717) is 16.6 Å². The summed E-state index contributed by atoms with van der Waals surface area (Å²) in [7, 11) is 3.24. The maximum Gasteiger partial charge on any atom is 0.236 e. The van der Waals surface area contributed by atoms with Gasteiger partial charge in [-0.05, 0) is 36.4 Å². The zero-order valence-electron chi connectivity index (χ0n) is 13.2. The topological polar surface area (TPSA) is 60.5 Å². The van der Waals surface area contributed by atoms with Gasteiger partial charge in [-0.1, -0.05) is 17.4 Å². The van der Waals surface area contributed by atoms with Crippen molar-refractivity contribution in [3.05, 3.63) is 42.5 Å². The van der Waals surface area contributed by atoms with E-state index in [1.54, 1.807) is 14.2 Å². The number of fused-ring (bicyclic) bond motifs is 1. The Balaban J connectivity index is 1.62. The van der Waals surface area contributed by atoms with Crippen molar-refractivity contribution in [3.8, 4) is 11.5 Å². The largest absolute Gasteiger partial charge is 0.497 e. The van der Waals surface area contributed by atoms with Gasteiger partial charge in [0.25, 0.3) is 0 Å². The fourth-order valence-electron chi connectivity index (χ4n) is 2.12. The Kier molecular flexibility index (Phi) is 5.22. The molecule has 0 unspecified atom stereocenters. The van der Waals surface area contributed by atoms with Crippen molar-refractivity contribution in [3.63, 3.8) is 0 Å². The first kappa shape index (κ1) is 16.6. The van der Waals surface area contributed by atoms with Crippen LogP contribution in [0.2, 0.25) is 0 Å². The summed E-state index contributed by atoms with van der Waals surface area (Å²) in [6, 6.07) is 13.3. The molecule has 0 saturated carbocycles. The average Bonchev–Trinajstić information content (AvgIpc) is 3.02. The predicted molar refractivity (Wildman–Crippen MR) is 98.5 cm³/mol. The third-order valence-corrected chi connectivity index (χ3v) is 5.23. The molecule has 0 bridgehead atoms. The quantitative estimate of drug-likeness (QED) is 0.672. The lowest BCUT2D eigenvalue weighted by Crippen LogP contribution is -2.13. The number of thiazole rings is 1. The number of hydrogen-bond acceptors (Lipinski definition) is 6. The van der Waals surface area contributed by atoms with E-state index in [-0.39, 0.29) is 5.91 Å². The van der Waals surface area contributed by atoms with Crippen LogP contribution in [0.15, 0.2) is 47.4 Å². The molecule has 0 radical (unpaired) electrons. The molecule has 0 fully saturated rings. The molecule has 1 N–H and O–H groups in total. The minimum atomic E-state index is -0.0890. The Morgan fingerprint density at radius 1 is 1.17 bits per heavy atom. The van der Waals surface area contributed by atoms with Crippen molar-refractivity contribution in [1.82, 2.24) is 4.98 Å². The number of hydrogen-bond donors (Lipinski definition) is 1. The minimum absolute atomic E-state index is 0.0890. The molecule has 0 aliphatic rings. The molecular weight excluding hydrogens is 344 g/mol. The molecule has 0 atom stereocenters. The second kappa shape index (κ2) is 7.55. The Bertz CT molecular complexity index is 847. The van der Waals surface area contributed by atoms with E-state index >= 15 is 0 Å². The van der Waals surface area contributed by atoms with Crippen molar-refractivity contribution in [2.45, 2.75) is 4.90 Å². The maximum atomic E-state index is 12.1. The van der Waals surface area contributed by atoms with Gasteiger partial charge in [0.1, 0.15) is 17.0 Å². The summed E-state index contributed by atoms with van der Waals surface area (Å²) >= 11 is 2.90. The lowest BCUT2D eigenvalue weighted by atomic mass is 10.3. The van der Waals surface area contributed by atoms with Crippen LogP contribution in [-0.2, 0) is 4.79 Å². The van der Waals surface area contributed by atoms with Crippen molar-refractivity contribution in [2.75, 3.05) is 25.3 Å². The van der Waals surface area contributed by atoms with Gasteiger partial charge in [-0.3, -0.25) is 4.79 Å². The normalized spacial score (nSPS) is 10.6. The molecule has 0 saturated heterocycles. The number of rotatable bonds is 6. The van der Waals surface area contributed by atoms with E-state index < -0.39 is 0 Å². The van der Waals surface area contributed by atoms with Crippen LogP contribution in [0.4, 0.5) is 5.13 Å². The SMILES string of the molecule is COc1ccc(SCC(=O)Nc2nc3c(OC)cccc3s2)cc1. The highest BCUT2D eigenvalue weighted by Crippen LogP contribution is 2.32. The summed E-state index contributed by atoms with van der Waals surface area (Å²) in [6.45, 7) is 0. The van der Waals surface area contributed by atoms with Gasteiger partial charge in [-0.15, -0.1) is 11.8 Å². The molecule has 2 aromatic carbocycles. The summed E-state index contributed by atoms with van der Waals surface area (Å²) in [5.41, 5.74) is 0.767. The molecule has 5 nitrogen and oxygen atoms in total. The number of aromatic nitrogens is 1. The number of anilines is 1. The van der Waals surface area contributed by atoms with Gasteiger partial charge in [0, 0.05) is 4.90 Å². The molecule has 124 valence electrons. The standard InChI is InChI=1S/C17H16N2O3S2/c1-21-11-6-8-12(9-7-11)23-10-15(20)18-17-19-16-13(22-2)4-3-5-14(16)24-17/h3-9H,10H2,1-2H3,(H,18,19,20). The molecule has 1 amide bonds. The number of carbonyl (C=O) groups is 1. The van der Waals surface area contributed by atoms with E-state index in [4.69, 9.17) is 9.47 Å². The lowest BCUT2D eigenvalue weighted by Gasteiger charge is -2.03. The Hall–Kier alpha value is -2.25. The molecule has 1 aromatic heterocycles. The number of ether oxygens (including phenoxy) is 2. The highest BCUT2D eigenvalue weighted by Gasteiger charge is 2.11. The zero-order chi connectivity index (χ0) is 16.9. The Morgan fingerprint density at radius 3 is 2.67 bits per heavy atom. The van der Waals surface area contributed by atoms with Crippen molar-refractivity contribution in [1.29, 1.82) is 0 Å². The van der Waals surface area contributed by atoms with Gasteiger partial charge in [0.2, 0.25) is 5.91 Å². The summed E-state index contributed by atoms with van der Waals surface area (Å²) in [5.74, 6) is 1.73. The number of thioether (sulfide) groups is 1. The summed E-state index contributed by atoms with van der Waals surface area (Å²) in [5, 5.41) is 3.42. The Labute approximate surface area is 148 Å². The first-order valence-electron chi connectivity index (χ1n) is 7.20. The van der Waals surface area contributed by atoms with E-state index in [9.17, 15) is 4.79 Å². The molecule has 7 heteroatoms. The first-order chi connectivity index (χ1) is 11.7. The minimum Gasteiger partial charge on any atom is -0.497 e. The average molecular weight is 360 g/mol. The van der Waals surface area contributed by atoms with Crippen LogP contribution in [0, 0.1) is 0 Å². The van der Waals surface area contributed by atoms with Crippen LogP contribution >= 0.6 is 23.1 Å². The van der Waals surface area contributed by atoms with Crippen LogP contribution in [0.3, 0.4) is 0 Å². The van der Waals surface area contributed by atoms with E-state index in [2.05, 4.69) is 10.3 Å². The van der Waals surface area contributed by atoms with Crippen LogP contribution in [0.5, 0.6) is 11.5 Å². The van der Waals surface area contributed by atoms with Crippen LogP contribution in [-0.4, -0.2) is 30.9 Å². The number of para-hydroxylation sites is 1. The highest BCUT2D eigenvalue weighted by molar-refractivity contribution is 8.00. The third-order valence-electron chi connectivity index (χ3n) is 3.28. The van der Waals surface area contributed by atoms with E-state index in [1.165, 1.54) is 23.1 Å². The predicted octanol–water partition coefficient (Wildman–Crippen LogP) is 4.04. The van der Waals surface area contributed by atoms with Crippen molar-refractivity contribution < 1.29 is 14.3 Å². The van der Waals surface area contributed by atoms with Crippen LogP contribution in [0.1, 0.15) is 0 Å². The van der Waals surface area contributed by atoms with Crippen molar-refractivity contribution >= 4 is 44.4 Å². The molecule has 3 aromatic rings. The van der Waals surface area contributed by atoms with Gasteiger partial charge in [-0.25, -0.2) is 4.98 Å². The van der Waals surface area contributed by atoms with E-state index in [1.807, 2.05) is 42.5 Å². The highest BCUT2D eigenvalue weighted by atomic mass is 32.2. The third kappa shape index (κ3) is 3.80. The fourth-order valence-corrected chi connectivity index (χ4v) is 3.72. The lowest BCUT2D eigenvalue weighted by molar-refractivity contribution is -0.113. The molecular formula is C17H16N2O3S2. The van der Waals surface area contributed by atoms with Crippen LogP contribution in [0.25, 0.3) is 10.2 Å². The summed E-state index contributed by atoms with van der Waals surface area (Å²) < 4.78 is 11.4. The fraction of sp³-hybridized carbons (Fsp3) is 0.176. The number of carbonyl (C=O) groups excluding carboxylic acids is 1. The molecule has 0 spiro atoms. The number of benzene rings is 2. The molecule has 0 aliphatic heterocycles. The number of methoxy groups -OCH3 is 2.